The maximum absolute atomic E-state index is 5.32. The van der Waals surface area contributed by atoms with E-state index in [1.807, 2.05) is 0 Å². The lowest BCUT2D eigenvalue weighted by atomic mass is 9.77. The molecule has 0 aliphatic carbocycles. The van der Waals surface area contributed by atoms with E-state index < -0.39 is 0 Å². The van der Waals surface area contributed by atoms with E-state index in [1.165, 1.54) is 0 Å². The molecule has 3 heterocycles. The molecule has 0 atom stereocenters. The van der Waals surface area contributed by atoms with E-state index in [0.717, 1.165) is 82.2 Å². The number of piperidine rings is 2. The smallest absolute Gasteiger partial charge is 0.230 e. The van der Waals surface area contributed by atoms with Crippen LogP contribution >= 0.6 is 0 Å². The molecule has 1 aromatic heterocycles. The number of nitrogens with zero attached hydrogens (tertiary/aromatic N) is 7. The van der Waals surface area contributed by atoms with Gasteiger partial charge in [-0.1, -0.05) is 34.1 Å². The Morgan fingerprint density at radius 2 is 0.925 bits per heavy atom. The molecule has 2 aliphatic rings. The van der Waals surface area contributed by atoms with Crippen molar-refractivity contribution in [1.29, 1.82) is 0 Å². The lowest BCUT2D eigenvalue weighted by Gasteiger charge is -2.56. The summed E-state index contributed by atoms with van der Waals surface area (Å²) < 4.78 is 0. The van der Waals surface area contributed by atoms with Gasteiger partial charge in [0.1, 0.15) is 5.82 Å². The highest BCUT2D eigenvalue weighted by Crippen LogP contribution is 2.41. The molecular weight excluding hydrogens is 494 g/mol. The summed E-state index contributed by atoms with van der Waals surface area (Å²) in [6.07, 6.45) is 9.03. The van der Waals surface area contributed by atoms with Crippen LogP contribution < -0.4 is 9.80 Å². The van der Waals surface area contributed by atoms with E-state index in [0.29, 0.717) is 12.1 Å². The van der Waals surface area contributed by atoms with E-state index in [9.17, 15) is 0 Å². The lowest BCUT2D eigenvalue weighted by Crippen LogP contribution is -2.63. The minimum absolute atomic E-state index is 0. The summed E-state index contributed by atoms with van der Waals surface area (Å²) in [5.74, 6) is 2.58. The molecule has 0 radical (unpaired) electrons. The number of unbranched alkanes of at least 4 members (excludes halogenated alkanes) is 2. The van der Waals surface area contributed by atoms with Crippen molar-refractivity contribution in [2.24, 2.45) is 0 Å². The van der Waals surface area contributed by atoms with Gasteiger partial charge in [-0.05, 0) is 115 Å². The van der Waals surface area contributed by atoms with Crippen molar-refractivity contribution >= 4 is 11.9 Å². The third kappa shape index (κ3) is 7.48. The first-order chi connectivity index (χ1) is 17.9. The molecule has 7 nitrogen and oxygen atoms in total. The number of aromatic nitrogens is 3. The first-order valence-electron chi connectivity index (χ1n) is 15.7. The van der Waals surface area contributed by atoms with Crippen LogP contribution in [0.2, 0.25) is 0 Å². The van der Waals surface area contributed by atoms with Crippen molar-refractivity contribution < 1.29 is 0 Å². The molecule has 2 aliphatic heterocycles. The first kappa shape index (κ1) is 34.7. The van der Waals surface area contributed by atoms with Crippen molar-refractivity contribution in [2.75, 3.05) is 37.0 Å². The zero-order chi connectivity index (χ0) is 29.4. The van der Waals surface area contributed by atoms with Gasteiger partial charge in [0.2, 0.25) is 11.9 Å². The molecule has 232 valence electrons. The standard InChI is InChI=1S/C32H61N7.CH4/c1-14-16-18-38(25-20-29(4,5)36(12)30(6,7)21-25)27-33-24(3)34-28(35-27)39(19-17-15-2)26-22-31(8,9)37(13)32(10,11)23-26;/h25-26H,14-23H2,1-13H3;1H4. The Labute approximate surface area is 248 Å². The average Bonchev–Trinajstić information content (AvgIpc) is 2.80. The second-order valence-electron chi connectivity index (χ2n) is 15.1. The molecule has 2 fully saturated rings. The van der Waals surface area contributed by atoms with Crippen LogP contribution in [0.3, 0.4) is 0 Å². The Bertz CT molecular complexity index is 846. The molecule has 2 saturated heterocycles. The third-order valence-electron chi connectivity index (χ3n) is 10.2. The summed E-state index contributed by atoms with van der Waals surface area (Å²) in [4.78, 5) is 25.5. The van der Waals surface area contributed by atoms with Crippen molar-refractivity contribution in [3.05, 3.63) is 5.82 Å². The van der Waals surface area contributed by atoms with E-state index in [-0.39, 0.29) is 29.6 Å². The van der Waals surface area contributed by atoms with Crippen molar-refractivity contribution in [1.82, 2.24) is 24.8 Å². The Balaban J connectivity index is 0.00000560. The summed E-state index contributed by atoms with van der Waals surface area (Å²) >= 11 is 0. The monoisotopic (exact) mass is 560 g/mol. The van der Waals surface area contributed by atoms with Crippen LogP contribution in [-0.4, -0.2) is 86.2 Å². The normalized spacial score (nSPS) is 23.0. The van der Waals surface area contributed by atoms with Gasteiger partial charge < -0.3 is 9.80 Å². The van der Waals surface area contributed by atoms with Gasteiger partial charge in [0, 0.05) is 47.3 Å². The van der Waals surface area contributed by atoms with Crippen molar-refractivity contribution in [3.8, 4) is 0 Å². The van der Waals surface area contributed by atoms with Gasteiger partial charge in [-0.15, -0.1) is 0 Å². The summed E-state index contributed by atoms with van der Waals surface area (Å²) in [5, 5.41) is 0. The highest BCUT2D eigenvalue weighted by Gasteiger charge is 2.47. The highest BCUT2D eigenvalue weighted by atomic mass is 15.4. The van der Waals surface area contributed by atoms with Crippen LogP contribution in [-0.2, 0) is 0 Å². The fourth-order valence-corrected chi connectivity index (χ4v) is 7.34. The number of aryl methyl sites for hydroxylation is 1. The number of rotatable bonds is 10. The Morgan fingerprint density at radius 3 is 1.20 bits per heavy atom. The molecule has 0 bridgehead atoms. The fourth-order valence-electron chi connectivity index (χ4n) is 7.34. The van der Waals surface area contributed by atoms with Gasteiger partial charge in [0.05, 0.1) is 0 Å². The Kier molecular flexibility index (Phi) is 11.1. The van der Waals surface area contributed by atoms with E-state index in [1.54, 1.807) is 0 Å². The van der Waals surface area contributed by atoms with E-state index >= 15 is 0 Å². The molecule has 0 spiro atoms. The van der Waals surface area contributed by atoms with Gasteiger partial charge in [-0.25, -0.2) is 0 Å². The molecule has 40 heavy (non-hydrogen) atoms. The largest absolute Gasteiger partial charge is 0.338 e. The van der Waals surface area contributed by atoms with E-state index in [2.05, 4.69) is 110 Å². The van der Waals surface area contributed by atoms with Crippen molar-refractivity contribution in [2.45, 2.75) is 169 Å². The predicted molar refractivity (Wildman–Crippen MR) is 174 cm³/mol. The summed E-state index contributed by atoms with van der Waals surface area (Å²) in [6, 6.07) is 0.801. The molecule has 0 saturated carbocycles. The van der Waals surface area contributed by atoms with Gasteiger partial charge in [0.15, 0.2) is 0 Å². The molecule has 3 rings (SSSR count). The average molecular weight is 560 g/mol. The topological polar surface area (TPSA) is 51.6 Å². The van der Waals surface area contributed by atoms with Crippen molar-refractivity contribution in [3.63, 3.8) is 0 Å². The van der Waals surface area contributed by atoms with Crippen LogP contribution in [0, 0.1) is 6.92 Å². The molecule has 0 unspecified atom stereocenters. The summed E-state index contributed by atoms with van der Waals surface area (Å²) in [7, 11) is 4.57. The van der Waals surface area contributed by atoms with Crippen LogP contribution in [0.4, 0.5) is 11.9 Å². The maximum Gasteiger partial charge on any atom is 0.230 e. The molecule has 7 heteroatoms. The zero-order valence-electron chi connectivity index (χ0n) is 27.9. The summed E-state index contributed by atoms with van der Waals surface area (Å²) in [5.41, 5.74) is 0.445. The quantitative estimate of drug-likeness (QED) is 0.297. The number of likely N-dealkylation sites (tertiary alicyclic amines) is 2. The van der Waals surface area contributed by atoms with Crippen LogP contribution in [0.5, 0.6) is 0 Å². The van der Waals surface area contributed by atoms with Crippen LogP contribution in [0.15, 0.2) is 0 Å². The molecule has 1 aromatic rings. The van der Waals surface area contributed by atoms with Gasteiger partial charge >= 0.3 is 0 Å². The molecular formula is C33H65N7. The minimum Gasteiger partial charge on any atom is -0.338 e. The second-order valence-corrected chi connectivity index (χ2v) is 15.1. The SMILES string of the molecule is C.CCCCN(c1nc(C)nc(N(CCCC)C2CC(C)(C)N(C)C(C)(C)C2)n1)C1CC(C)(C)N(C)C(C)(C)C1. The predicted octanol–water partition coefficient (Wildman–Crippen LogP) is 7.33. The minimum atomic E-state index is 0. The zero-order valence-corrected chi connectivity index (χ0v) is 27.9. The summed E-state index contributed by atoms with van der Waals surface area (Å²) in [6.45, 7) is 27.7. The molecule has 0 aromatic carbocycles. The maximum atomic E-state index is 5.32. The van der Waals surface area contributed by atoms with Gasteiger partial charge in [-0.2, -0.15) is 15.0 Å². The lowest BCUT2D eigenvalue weighted by molar-refractivity contribution is -0.0130. The van der Waals surface area contributed by atoms with Crippen LogP contribution in [0.25, 0.3) is 0 Å². The third-order valence-corrected chi connectivity index (χ3v) is 10.2. The Morgan fingerprint density at radius 1 is 0.625 bits per heavy atom. The highest BCUT2D eigenvalue weighted by molar-refractivity contribution is 5.42. The first-order valence-corrected chi connectivity index (χ1v) is 15.7. The Hall–Kier alpha value is -1.47. The molecule has 0 N–H and O–H groups in total. The number of anilines is 2. The van der Waals surface area contributed by atoms with E-state index in [4.69, 9.17) is 15.0 Å². The fraction of sp³-hybridized carbons (Fsp3) is 0.909. The van der Waals surface area contributed by atoms with Gasteiger partial charge in [-0.3, -0.25) is 9.80 Å². The second kappa shape index (κ2) is 12.8. The van der Waals surface area contributed by atoms with Crippen LogP contribution in [0.1, 0.15) is 134 Å². The molecule has 0 amide bonds. The van der Waals surface area contributed by atoms with Gasteiger partial charge in [0.25, 0.3) is 0 Å². The number of hydrogen-bond donors (Lipinski definition) is 0. The number of hydrogen-bond acceptors (Lipinski definition) is 7.